The lowest BCUT2D eigenvalue weighted by Crippen LogP contribution is -2.62. The molecule has 0 amide bonds. The van der Waals surface area contributed by atoms with Gasteiger partial charge in [-0.2, -0.15) is 0 Å². The molecule has 5 heterocycles. The van der Waals surface area contributed by atoms with Gasteiger partial charge in [-0.1, -0.05) is 44.9 Å². The van der Waals surface area contributed by atoms with E-state index < -0.39 is 11.4 Å². The maximum Gasteiger partial charge on any atom is 0.0844 e. The normalized spacial score (nSPS) is 54.6. The molecule has 5 aliphatic heterocycles. The third-order valence-corrected chi connectivity index (χ3v) is 14.4. The van der Waals surface area contributed by atoms with Crippen LogP contribution in [0.3, 0.4) is 0 Å². The van der Waals surface area contributed by atoms with Crippen LogP contribution in [-0.2, 0) is 15.5 Å². The topological polar surface area (TPSA) is 181 Å². The number of fused-ring (bicyclic) bond motifs is 20. The third kappa shape index (κ3) is 5.78. The quantitative estimate of drug-likeness (QED) is 0.198. The highest BCUT2D eigenvalue weighted by Crippen LogP contribution is 2.46. The molecule has 9 fully saturated rings. The Morgan fingerprint density at radius 1 is 0.422 bits per heavy atom. The molecule has 45 heavy (non-hydrogen) atoms. The second-order valence-electron chi connectivity index (χ2n) is 16.0. The van der Waals surface area contributed by atoms with Crippen LogP contribution < -0.4 is 48.7 Å². The van der Waals surface area contributed by atoms with Gasteiger partial charge in [0.25, 0.3) is 0 Å². The van der Waals surface area contributed by atoms with Crippen LogP contribution in [0, 0.1) is 47.3 Å². The van der Waals surface area contributed by atoms with Crippen LogP contribution in [0.15, 0.2) is 0 Å². The average molecular weight is 649 g/mol. The fourth-order valence-corrected chi connectivity index (χ4v) is 12.6. The van der Waals surface area contributed by atoms with E-state index in [1.165, 1.54) is 77.0 Å². The van der Waals surface area contributed by atoms with E-state index in [1.54, 1.807) is 0 Å². The highest BCUT2D eigenvalue weighted by Gasteiger charge is 2.55. The predicted octanol–water partition coefficient (Wildman–Crippen LogP) is 1.56. The standard InChI is InChI=1S/C32H56N8O3S.H3N/c41-44(42)43-23-15-7-14-22-24(23)32-39-30-21-13-6-5-12-20(21)28(37-30)35-26-17-9-2-1-8-16(17)25(33-26)34-27-18-10-3-4-11-19(18)29(36-27)38-31(22)40-32;/h16-40H,1-15H2,(H,41,42);1H3/p-1. The molecule has 9 aliphatic rings. The van der Waals surface area contributed by atoms with Gasteiger partial charge in [0.15, 0.2) is 0 Å². The first-order valence-electron chi connectivity index (χ1n) is 18.5. The summed E-state index contributed by atoms with van der Waals surface area (Å²) in [4.78, 5) is 0. The zero-order valence-corrected chi connectivity index (χ0v) is 27.6. The largest absolute Gasteiger partial charge is 0.750 e. The smallest absolute Gasteiger partial charge is 0.0844 e. The summed E-state index contributed by atoms with van der Waals surface area (Å²) in [6.07, 6.45) is 20.0. The van der Waals surface area contributed by atoms with E-state index in [0.717, 1.165) is 19.3 Å². The zero-order valence-electron chi connectivity index (χ0n) is 26.8. The summed E-state index contributed by atoms with van der Waals surface area (Å²) < 4.78 is 29.3. The van der Waals surface area contributed by atoms with Crippen molar-refractivity contribution in [2.24, 2.45) is 47.3 Å². The highest BCUT2D eigenvalue weighted by molar-refractivity contribution is 7.74. The summed E-state index contributed by atoms with van der Waals surface area (Å²) in [5.74, 6) is 4.16. The summed E-state index contributed by atoms with van der Waals surface area (Å²) in [7, 11) is 0. The molecule has 8 bridgehead atoms. The molecule has 0 aromatic rings. The van der Waals surface area contributed by atoms with Gasteiger partial charge < -0.3 is 10.7 Å². The Bertz CT molecular complexity index is 1070. The number of rotatable bonds is 2. The summed E-state index contributed by atoms with van der Waals surface area (Å²) in [6, 6.07) is 0. The van der Waals surface area contributed by atoms with Crippen LogP contribution in [0.5, 0.6) is 0 Å². The van der Waals surface area contributed by atoms with Gasteiger partial charge in [-0.15, -0.1) is 0 Å². The molecule has 4 saturated carbocycles. The van der Waals surface area contributed by atoms with E-state index in [0.29, 0.717) is 59.9 Å². The van der Waals surface area contributed by atoms with Gasteiger partial charge in [-0.25, -0.2) is 4.21 Å². The van der Waals surface area contributed by atoms with Crippen molar-refractivity contribution < 1.29 is 12.9 Å². The van der Waals surface area contributed by atoms with Gasteiger partial charge in [-0.3, -0.25) is 46.7 Å². The molecular weight excluding hydrogens is 590 g/mol. The molecule has 12 nitrogen and oxygen atoms in total. The summed E-state index contributed by atoms with van der Waals surface area (Å²) >= 11 is -2.51. The first-order chi connectivity index (χ1) is 21.6. The molecule has 11 N–H and O–H groups in total. The summed E-state index contributed by atoms with van der Waals surface area (Å²) in [5, 5.41) is 32.9. The first kappa shape index (κ1) is 31.9. The third-order valence-electron chi connectivity index (χ3n) is 14.0. The Morgan fingerprint density at radius 2 is 0.711 bits per heavy atom. The van der Waals surface area contributed by atoms with Crippen molar-refractivity contribution in [3.63, 3.8) is 0 Å². The Hall–Kier alpha value is -0.290. The molecule has 18 unspecified atom stereocenters. The minimum atomic E-state index is -2.51. The highest BCUT2D eigenvalue weighted by atomic mass is 32.2. The van der Waals surface area contributed by atoms with Crippen molar-refractivity contribution in [2.45, 2.75) is 152 Å². The van der Waals surface area contributed by atoms with Gasteiger partial charge in [0.05, 0.1) is 66.8 Å². The fraction of sp³-hybridized carbons (Fsp3) is 1.00. The van der Waals surface area contributed by atoms with Crippen LogP contribution >= 0.6 is 0 Å². The van der Waals surface area contributed by atoms with E-state index >= 15 is 0 Å². The van der Waals surface area contributed by atoms with Crippen molar-refractivity contribution in [2.75, 3.05) is 0 Å². The molecule has 9 rings (SSSR count). The fourth-order valence-electron chi connectivity index (χ4n) is 12.2. The number of hydrogen-bond donors (Lipinski definition) is 9. The van der Waals surface area contributed by atoms with E-state index in [2.05, 4.69) is 42.5 Å². The van der Waals surface area contributed by atoms with Crippen LogP contribution in [0.25, 0.3) is 0 Å². The lowest BCUT2D eigenvalue weighted by molar-refractivity contribution is 0.0451. The van der Waals surface area contributed by atoms with Crippen molar-refractivity contribution in [1.29, 1.82) is 0 Å². The zero-order chi connectivity index (χ0) is 29.4. The maximum absolute atomic E-state index is 11.8. The van der Waals surface area contributed by atoms with Crippen molar-refractivity contribution in [3.8, 4) is 0 Å². The van der Waals surface area contributed by atoms with Crippen LogP contribution in [0.2, 0.25) is 0 Å². The number of hydrogen-bond acceptors (Lipinski definition) is 12. The molecule has 0 spiro atoms. The Kier molecular flexibility index (Phi) is 9.37. The first-order valence-corrected chi connectivity index (χ1v) is 19.5. The van der Waals surface area contributed by atoms with Crippen molar-refractivity contribution in [3.05, 3.63) is 0 Å². The van der Waals surface area contributed by atoms with Gasteiger partial charge in [0.2, 0.25) is 0 Å². The van der Waals surface area contributed by atoms with E-state index in [1.807, 2.05) is 0 Å². The van der Waals surface area contributed by atoms with Gasteiger partial charge in [-0.05, 0) is 92.8 Å². The summed E-state index contributed by atoms with van der Waals surface area (Å²) in [6.45, 7) is 0. The minimum Gasteiger partial charge on any atom is -0.750 e. The molecule has 0 aromatic carbocycles. The summed E-state index contributed by atoms with van der Waals surface area (Å²) in [5.41, 5.74) is 0. The molecule has 5 saturated heterocycles. The van der Waals surface area contributed by atoms with Crippen LogP contribution in [0.4, 0.5) is 0 Å². The van der Waals surface area contributed by atoms with E-state index in [9.17, 15) is 8.76 Å². The van der Waals surface area contributed by atoms with Crippen molar-refractivity contribution in [1.82, 2.24) is 48.7 Å². The predicted molar refractivity (Wildman–Crippen MR) is 171 cm³/mol. The molecule has 0 aromatic heterocycles. The lowest BCUT2D eigenvalue weighted by Gasteiger charge is -2.39. The minimum absolute atomic E-state index is 0. The monoisotopic (exact) mass is 648 g/mol. The average Bonchev–Trinajstić information content (AvgIpc) is 3.77. The molecular formula is C32H58N9O3S-. The molecule has 4 aliphatic carbocycles. The van der Waals surface area contributed by atoms with E-state index in [-0.39, 0.29) is 49.0 Å². The van der Waals surface area contributed by atoms with Gasteiger partial charge >= 0.3 is 0 Å². The Balaban J connectivity index is 0.00000300. The van der Waals surface area contributed by atoms with Crippen LogP contribution in [-0.4, -0.2) is 64.2 Å². The Morgan fingerprint density at radius 3 is 1.04 bits per heavy atom. The Labute approximate surface area is 271 Å². The van der Waals surface area contributed by atoms with E-state index in [4.69, 9.17) is 4.18 Å². The molecule has 13 heteroatoms. The van der Waals surface area contributed by atoms with Gasteiger partial charge in [0, 0.05) is 5.92 Å². The molecule has 18 atom stereocenters. The number of nitrogens with one attached hydrogen (secondary N) is 8. The second-order valence-corrected chi connectivity index (χ2v) is 16.6. The molecule has 0 radical (unpaired) electrons. The maximum atomic E-state index is 11.8. The molecule has 256 valence electrons. The lowest BCUT2D eigenvalue weighted by atomic mass is 9.75. The van der Waals surface area contributed by atoms with Crippen LogP contribution in [0.1, 0.15) is 96.3 Å². The van der Waals surface area contributed by atoms with Crippen molar-refractivity contribution >= 4 is 11.4 Å². The van der Waals surface area contributed by atoms with Gasteiger partial charge in [0.1, 0.15) is 0 Å². The second kappa shape index (κ2) is 13.2. The SMILES string of the molecule is N.O=S([O-])OC1CCCC2C3NC4NC(NC5NC(NC6NC(NC(N3)C12)C1CCCCC61)C1CCCCC51)C1CCCCC41.